The summed E-state index contributed by atoms with van der Waals surface area (Å²) in [5.41, 5.74) is 0. The van der Waals surface area contributed by atoms with E-state index in [1.807, 2.05) is 4.90 Å². The van der Waals surface area contributed by atoms with Gasteiger partial charge in [0.25, 0.3) is 0 Å². The molecule has 1 saturated carbocycles. The van der Waals surface area contributed by atoms with Crippen LogP contribution in [0.3, 0.4) is 0 Å². The van der Waals surface area contributed by atoms with Crippen molar-refractivity contribution in [2.75, 3.05) is 26.2 Å². The van der Waals surface area contributed by atoms with Gasteiger partial charge in [-0.25, -0.2) is 8.42 Å². The number of aryl methyl sites for hydroxylation is 1. The molecule has 0 bridgehead atoms. The molecule has 5 rings (SSSR count). The van der Waals surface area contributed by atoms with Gasteiger partial charge in [-0.3, -0.25) is 4.79 Å². The number of rotatable bonds is 5. The lowest BCUT2D eigenvalue weighted by Crippen LogP contribution is -2.46. The average molecular weight is 451 g/mol. The standard InChI is InChI=1S/C20H26N4O4S2/c1-13-17(11-16(29-13)18-21-19(28-22-18)14-6-7-14)30(26,27)24-10-4-5-15(12-24)20(25)23-8-2-3-9-23/h11,14-15H,2-10,12H2,1H3/t15-/m1/s1. The SMILES string of the molecule is Cc1sc(-c2noc(C3CC3)n2)cc1S(=O)(=O)N1CCC[C@@H](C(=O)N2CCCC2)C1. The Balaban J connectivity index is 1.36. The van der Waals surface area contributed by atoms with E-state index in [4.69, 9.17) is 4.52 Å². The van der Waals surface area contributed by atoms with Crippen molar-refractivity contribution in [3.8, 4) is 10.7 Å². The largest absolute Gasteiger partial charge is 0.342 e. The molecular weight excluding hydrogens is 424 g/mol. The number of amides is 1. The first-order chi connectivity index (χ1) is 14.4. The molecule has 4 heterocycles. The number of carbonyl (C=O) groups excluding carboxylic acids is 1. The number of aromatic nitrogens is 2. The van der Waals surface area contributed by atoms with Crippen LogP contribution in [0.2, 0.25) is 0 Å². The molecule has 2 aliphatic heterocycles. The van der Waals surface area contributed by atoms with Crippen molar-refractivity contribution in [3.63, 3.8) is 0 Å². The Bertz CT molecular complexity index is 1050. The summed E-state index contributed by atoms with van der Waals surface area (Å²) in [6, 6.07) is 1.66. The van der Waals surface area contributed by atoms with Gasteiger partial charge in [0, 0.05) is 37.0 Å². The maximum atomic E-state index is 13.4. The highest BCUT2D eigenvalue weighted by Crippen LogP contribution is 2.41. The lowest BCUT2D eigenvalue weighted by Gasteiger charge is -2.33. The van der Waals surface area contributed by atoms with E-state index in [0.29, 0.717) is 40.4 Å². The Hall–Kier alpha value is -1.78. The summed E-state index contributed by atoms with van der Waals surface area (Å²) in [6.45, 7) is 4.10. The molecule has 1 atom stereocenters. The van der Waals surface area contributed by atoms with E-state index in [2.05, 4.69) is 10.1 Å². The molecule has 0 unspecified atom stereocenters. The van der Waals surface area contributed by atoms with Crippen LogP contribution in [-0.2, 0) is 14.8 Å². The monoisotopic (exact) mass is 450 g/mol. The Morgan fingerprint density at radius 2 is 1.93 bits per heavy atom. The highest BCUT2D eigenvalue weighted by atomic mass is 32.2. The zero-order chi connectivity index (χ0) is 20.9. The third-order valence-corrected chi connectivity index (χ3v) is 9.40. The fourth-order valence-corrected chi connectivity index (χ4v) is 7.37. The summed E-state index contributed by atoms with van der Waals surface area (Å²) in [5, 5.41) is 4.04. The highest BCUT2D eigenvalue weighted by Gasteiger charge is 2.37. The first kappa shape index (κ1) is 20.1. The van der Waals surface area contributed by atoms with Crippen LogP contribution in [-0.4, -0.2) is 59.8 Å². The van der Waals surface area contributed by atoms with Crippen LogP contribution in [0, 0.1) is 12.8 Å². The number of piperidine rings is 1. The predicted octanol–water partition coefficient (Wildman–Crippen LogP) is 3.01. The molecule has 8 nitrogen and oxygen atoms in total. The zero-order valence-electron chi connectivity index (χ0n) is 17.0. The first-order valence-electron chi connectivity index (χ1n) is 10.7. The van der Waals surface area contributed by atoms with Gasteiger partial charge < -0.3 is 9.42 Å². The van der Waals surface area contributed by atoms with E-state index in [1.165, 1.54) is 15.6 Å². The molecule has 162 valence electrons. The summed E-state index contributed by atoms with van der Waals surface area (Å²) in [7, 11) is -3.68. The fraction of sp³-hybridized carbons (Fsp3) is 0.650. The van der Waals surface area contributed by atoms with Crippen LogP contribution < -0.4 is 0 Å². The molecule has 0 radical (unpaired) electrons. The number of thiophene rings is 1. The van der Waals surface area contributed by atoms with Crippen LogP contribution in [0.4, 0.5) is 0 Å². The Kier molecular flexibility index (Phi) is 5.19. The number of hydrogen-bond donors (Lipinski definition) is 0. The van der Waals surface area contributed by atoms with Crippen molar-refractivity contribution in [3.05, 3.63) is 16.8 Å². The molecule has 0 aromatic carbocycles. The molecule has 2 aromatic rings. The third kappa shape index (κ3) is 3.69. The molecule has 1 aliphatic carbocycles. The minimum atomic E-state index is -3.68. The van der Waals surface area contributed by atoms with Crippen LogP contribution >= 0.6 is 11.3 Å². The van der Waals surface area contributed by atoms with Crippen LogP contribution in [0.1, 0.15) is 55.2 Å². The minimum Gasteiger partial charge on any atom is -0.342 e. The van der Waals surface area contributed by atoms with Gasteiger partial charge in [0.2, 0.25) is 27.6 Å². The van der Waals surface area contributed by atoms with E-state index < -0.39 is 10.0 Å². The minimum absolute atomic E-state index is 0.106. The quantitative estimate of drug-likeness (QED) is 0.695. The molecule has 3 aliphatic rings. The summed E-state index contributed by atoms with van der Waals surface area (Å²) < 4.78 is 33.6. The lowest BCUT2D eigenvalue weighted by molar-refractivity contribution is -0.135. The molecule has 10 heteroatoms. The fourth-order valence-electron chi connectivity index (χ4n) is 4.36. The second kappa shape index (κ2) is 7.72. The van der Waals surface area contributed by atoms with Crippen LogP contribution in [0.25, 0.3) is 10.7 Å². The number of hydrogen-bond acceptors (Lipinski definition) is 7. The summed E-state index contributed by atoms with van der Waals surface area (Å²) in [6.07, 6.45) is 5.66. The van der Waals surface area contributed by atoms with Gasteiger partial charge in [-0.1, -0.05) is 5.16 Å². The Labute approximate surface area is 180 Å². The Morgan fingerprint density at radius 3 is 2.67 bits per heavy atom. The molecule has 0 spiro atoms. The number of likely N-dealkylation sites (tertiary alicyclic amines) is 1. The smallest absolute Gasteiger partial charge is 0.244 e. The van der Waals surface area contributed by atoms with Gasteiger partial charge in [-0.15, -0.1) is 11.3 Å². The van der Waals surface area contributed by atoms with E-state index >= 15 is 0 Å². The summed E-state index contributed by atoms with van der Waals surface area (Å²) in [4.78, 5) is 20.8. The Morgan fingerprint density at radius 1 is 1.17 bits per heavy atom. The first-order valence-corrected chi connectivity index (χ1v) is 12.9. The number of carbonyl (C=O) groups is 1. The average Bonchev–Trinajstić information content (AvgIpc) is 3.15. The topological polar surface area (TPSA) is 96.6 Å². The van der Waals surface area contributed by atoms with Gasteiger partial charge in [-0.05, 0) is 51.5 Å². The maximum absolute atomic E-state index is 13.4. The van der Waals surface area contributed by atoms with E-state index in [1.54, 1.807) is 13.0 Å². The molecule has 30 heavy (non-hydrogen) atoms. The van der Waals surface area contributed by atoms with Crippen molar-refractivity contribution < 1.29 is 17.7 Å². The highest BCUT2D eigenvalue weighted by molar-refractivity contribution is 7.89. The van der Waals surface area contributed by atoms with E-state index in [0.717, 1.165) is 45.2 Å². The molecule has 0 N–H and O–H groups in total. The van der Waals surface area contributed by atoms with E-state index in [-0.39, 0.29) is 23.3 Å². The van der Waals surface area contributed by atoms with Gasteiger partial charge in [0.1, 0.15) is 0 Å². The molecular formula is C20H26N4O4S2. The third-order valence-electron chi connectivity index (χ3n) is 6.23. The maximum Gasteiger partial charge on any atom is 0.244 e. The molecule has 3 fully saturated rings. The van der Waals surface area contributed by atoms with Crippen molar-refractivity contribution in [1.82, 2.24) is 19.3 Å². The van der Waals surface area contributed by atoms with Crippen molar-refractivity contribution >= 4 is 27.3 Å². The zero-order valence-corrected chi connectivity index (χ0v) is 18.7. The van der Waals surface area contributed by atoms with Crippen LogP contribution in [0.15, 0.2) is 15.5 Å². The molecule has 1 amide bonds. The van der Waals surface area contributed by atoms with Gasteiger partial charge >= 0.3 is 0 Å². The van der Waals surface area contributed by atoms with Crippen molar-refractivity contribution in [2.45, 2.75) is 56.3 Å². The second-order valence-electron chi connectivity index (χ2n) is 8.50. The molecule has 2 saturated heterocycles. The van der Waals surface area contributed by atoms with Gasteiger partial charge in [0.05, 0.1) is 15.7 Å². The normalized spacial score (nSPS) is 23.2. The number of sulfonamides is 1. The summed E-state index contributed by atoms with van der Waals surface area (Å²) in [5.74, 6) is 1.30. The van der Waals surface area contributed by atoms with Crippen LogP contribution in [0.5, 0.6) is 0 Å². The number of nitrogens with zero attached hydrogens (tertiary/aromatic N) is 4. The van der Waals surface area contributed by atoms with Crippen molar-refractivity contribution in [1.29, 1.82) is 0 Å². The van der Waals surface area contributed by atoms with Crippen molar-refractivity contribution in [2.24, 2.45) is 5.92 Å². The van der Waals surface area contributed by atoms with Gasteiger partial charge in [-0.2, -0.15) is 9.29 Å². The summed E-state index contributed by atoms with van der Waals surface area (Å²) >= 11 is 1.37. The van der Waals surface area contributed by atoms with Gasteiger partial charge in [0.15, 0.2) is 0 Å². The lowest BCUT2D eigenvalue weighted by atomic mass is 9.98. The van der Waals surface area contributed by atoms with E-state index in [9.17, 15) is 13.2 Å². The molecule has 2 aromatic heterocycles. The predicted molar refractivity (Wildman–Crippen MR) is 112 cm³/mol. The second-order valence-corrected chi connectivity index (χ2v) is 11.7.